The lowest BCUT2D eigenvalue weighted by Crippen LogP contribution is -2.43. The Balaban J connectivity index is 1.64. The molecular formula is C14H23N5O3. The van der Waals surface area contributed by atoms with Crippen LogP contribution in [0.2, 0.25) is 0 Å². The highest BCUT2D eigenvalue weighted by Crippen LogP contribution is 2.00. The molecule has 0 aliphatic carbocycles. The summed E-state index contributed by atoms with van der Waals surface area (Å²) in [6.07, 6.45) is 0. The Morgan fingerprint density at radius 1 is 1.32 bits per heavy atom. The minimum absolute atomic E-state index is 0.0355. The molecule has 0 saturated carbocycles. The maximum atomic E-state index is 11.9. The third-order valence-corrected chi connectivity index (χ3v) is 3.50. The number of carbonyl (C=O) groups excluding carboxylic acids is 2. The number of ether oxygens (including phenoxy) is 1. The topological polar surface area (TPSA) is 88.5 Å². The third-order valence-electron chi connectivity index (χ3n) is 3.50. The first-order chi connectivity index (χ1) is 10.6. The van der Waals surface area contributed by atoms with E-state index in [2.05, 4.69) is 20.6 Å². The van der Waals surface area contributed by atoms with Gasteiger partial charge in [0.2, 0.25) is 5.91 Å². The molecule has 1 aromatic rings. The van der Waals surface area contributed by atoms with Crippen LogP contribution in [0.25, 0.3) is 0 Å². The second-order valence-corrected chi connectivity index (χ2v) is 5.28. The van der Waals surface area contributed by atoms with E-state index in [0.717, 1.165) is 38.5 Å². The van der Waals surface area contributed by atoms with Crippen LogP contribution in [0.4, 0.5) is 0 Å². The van der Waals surface area contributed by atoms with Crippen molar-refractivity contribution in [3.63, 3.8) is 0 Å². The van der Waals surface area contributed by atoms with Gasteiger partial charge in [0.05, 0.1) is 25.5 Å². The second kappa shape index (κ2) is 7.90. The van der Waals surface area contributed by atoms with Crippen LogP contribution in [-0.4, -0.2) is 72.4 Å². The molecule has 1 aromatic heterocycles. The van der Waals surface area contributed by atoms with E-state index in [1.165, 1.54) is 4.68 Å². The Morgan fingerprint density at radius 3 is 2.68 bits per heavy atom. The summed E-state index contributed by atoms with van der Waals surface area (Å²) in [7, 11) is 1.70. The highest BCUT2D eigenvalue weighted by atomic mass is 16.5. The molecule has 0 atom stereocenters. The Hall–Kier alpha value is -1.93. The lowest BCUT2D eigenvalue weighted by molar-refractivity contribution is -0.120. The summed E-state index contributed by atoms with van der Waals surface area (Å²) < 4.78 is 6.76. The molecule has 0 spiro atoms. The highest BCUT2D eigenvalue weighted by Gasteiger charge is 2.13. The molecular weight excluding hydrogens is 286 g/mol. The predicted octanol–water partition coefficient (Wildman–Crippen LogP) is -1.09. The summed E-state index contributed by atoms with van der Waals surface area (Å²) in [6.45, 7) is 6.42. The quantitative estimate of drug-likeness (QED) is 0.697. The fourth-order valence-electron chi connectivity index (χ4n) is 2.31. The van der Waals surface area contributed by atoms with Gasteiger partial charge in [0.15, 0.2) is 0 Å². The third kappa shape index (κ3) is 4.81. The number of nitrogens with one attached hydrogen (secondary N) is 2. The van der Waals surface area contributed by atoms with Crippen molar-refractivity contribution in [2.24, 2.45) is 7.05 Å². The number of hydrogen-bond acceptors (Lipinski definition) is 5. The van der Waals surface area contributed by atoms with E-state index < -0.39 is 0 Å². The van der Waals surface area contributed by atoms with Crippen LogP contribution < -0.4 is 10.6 Å². The van der Waals surface area contributed by atoms with Crippen molar-refractivity contribution in [3.8, 4) is 0 Å². The first-order valence-corrected chi connectivity index (χ1v) is 7.42. The van der Waals surface area contributed by atoms with Gasteiger partial charge in [-0.15, -0.1) is 0 Å². The fraction of sp³-hybridized carbons (Fsp3) is 0.643. The molecule has 1 fully saturated rings. The van der Waals surface area contributed by atoms with Gasteiger partial charge in [-0.2, -0.15) is 5.10 Å². The molecule has 0 bridgehead atoms. The predicted molar refractivity (Wildman–Crippen MR) is 80.5 cm³/mol. The lowest BCUT2D eigenvalue weighted by atomic mass is 10.3. The zero-order valence-electron chi connectivity index (χ0n) is 13.1. The smallest absolute Gasteiger partial charge is 0.269 e. The molecule has 0 radical (unpaired) electrons. The van der Waals surface area contributed by atoms with Gasteiger partial charge < -0.3 is 15.4 Å². The number of nitrogens with zero attached hydrogens (tertiary/aromatic N) is 3. The van der Waals surface area contributed by atoms with Gasteiger partial charge in [-0.05, 0) is 13.0 Å². The van der Waals surface area contributed by atoms with Gasteiger partial charge in [-0.3, -0.25) is 19.2 Å². The van der Waals surface area contributed by atoms with Crippen molar-refractivity contribution in [1.29, 1.82) is 0 Å². The van der Waals surface area contributed by atoms with Crippen LogP contribution in [0, 0.1) is 6.92 Å². The molecule has 0 aromatic carbocycles. The van der Waals surface area contributed by atoms with Gasteiger partial charge in [0.1, 0.15) is 5.69 Å². The van der Waals surface area contributed by atoms with E-state index in [1.54, 1.807) is 13.1 Å². The van der Waals surface area contributed by atoms with Gasteiger partial charge >= 0.3 is 0 Å². The van der Waals surface area contributed by atoms with Crippen LogP contribution in [0.15, 0.2) is 6.07 Å². The van der Waals surface area contributed by atoms with Gasteiger partial charge in [0.25, 0.3) is 5.91 Å². The molecule has 1 saturated heterocycles. The largest absolute Gasteiger partial charge is 0.379 e. The summed E-state index contributed by atoms with van der Waals surface area (Å²) in [5.41, 5.74) is 1.21. The van der Waals surface area contributed by atoms with Crippen molar-refractivity contribution < 1.29 is 14.3 Å². The van der Waals surface area contributed by atoms with E-state index in [9.17, 15) is 9.59 Å². The van der Waals surface area contributed by atoms with Crippen LogP contribution in [-0.2, 0) is 16.6 Å². The molecule has 0 unspecified atom stereocenters. The van der Waals surface area contributed by atoms with Crippen LogP contribution in [0.3, 0.4) is 0 Å². The lowest BCUT2D eigenvalue weighted by Gasteiger charge is -2.26. The molecule has 2 rings (SSSR count). The Labute approximate surface area is 129 Å². The summed E-state index contributed by atoms with van der Waals surface area (Å²) in [5.74, 6) is -0.494. The number of carbonyl (C=O) groups is 2. The van der Waals surface area contributed by atoms with E-state index in [0.29, 0.717) is 12.2 Å². The Kier molecular flexibility index (Phi) is 5.91. The summed E-state index contributed by atoms with van der Waals surface area (Å²) in [4.78, 5) is 25.9. The van der Waals surface area contributed by atoms with E-state index in [4.69, 9.17) is 4.74 Å². The number of aromatic nitrogens is 2. The van der Waals surface area contributed by atoms with Crippen LogP contribution in [0.5, 0.6) is 0 Å². The molecule has 1 aliphatic heterocycles. The first-order valence-electron chi connectivity index (χ1n) is 7.42. The molecule has 2 heterocycles. The standard InChI is InChI=1S/C14H23N5O3/c1-11-9-12(18(2)17-11)14(21)16-10-13(20)15-3-4-19-5-7-22-8-6-19/h9H,3-8,10H2,1-2H3,(H,15,20)(H,16,21). The number of aryl methyl sites for hydroxylation is 2. The SMILES string of the molecule is Cc1cc(C(=O)NCC(=O)NCCN2CCOCC2)n(C)n1. The molecule has 2 amide bonds. The molecule has 1 aliphatic rings. The fourth-order valence-corrected chi connectivity index (χ4v) is 2.31. The molecule has 2 N–H and O–H groups in total. The summed E-state index contributed by atoms with van der Waals surface area (Å²) in [6, 6.07) is 1.69. The molecule has 8 nitrogen and oxygen atoms in total. The highest BCUT2D eigenvalue weighted by molar-refractivity contribution is 5.95. The summed E-state index contributed by atoms with van der Waals surface area (Å²) >= 11 is 0. The van der Waals surface area contributed by atoms with Crippen molar-refractivity contribution in [2.45, 2.75) is 6.92 Å². The van der Waals surface area contributed by atoms with E-state index in [-0.39, 0.29) is 18.4 Å². The minimum Gasteiger partial charge on any atom is -0.379 e. The van der Waals surface area contributed by atoms with Gasteiger partial charge in [-0.25, -0.2) is 0 Å². The Bertz CT molecular complexity index is 523. The summed E-state index contributed by atoms with van der Waals surface area (Å²) in [5, 5.41) is 9.49. The van der Waals surface area contributed by atoms with Crippen molar-refractivity contribution in [2.75, 3.05) is 45.9 Å². The number of rotatable bonds is 6. The normalized spacial score (nSPS) is 15.5. The maximum Gasteiger partial charge on any atom is 0.269 e. The number of hydrogen-bond donors (Lipinski definition) is 2. The van der Waals surface area contributed by atoms with Gasteiger partial charge in [0, 0.05) is 33.2 Å². The average Bonchev–Trinajstić information content (AvgIpc) is 2.84. The number of amides is 2. The Morgan fingerprint density at radius 2 is 2.05 bits per heavy atom. The van der Waals surface area contributed by atoms with E-state index in [1.807, 2.05) is 6.92 Å². The van der Waals surface area contributed by atoms with Crippen LogP contribution >= 0.6 is 0 Å². The van der Waals surface area contributed by atoms with Crippen molar-refractivity contribution in [3.05, 3.63) is 17.5 Å². The van der Waals surface area contributed by atoms with Crippen molar-refractivity contribution in [1.82, 2.24) is 25.3 Å². The first kappa shape index (κ1) is 16.4. The monoisotopic (exact) mass is 309 g/mol. The second-order valence-electron chi connectivity index (χ2n) is 5.28. The van der Waals surface area contributed by atoms with Crippen LogP contribution in [0.1, 0.15) is 16.2 Å². The average molecular weight is 309 g/mol. The maximum absolute atomic E-state index is 11.9. The molecule has 122 valence electrons. The van der Waals surface area contributed by atoms with E-state index >= 15 is 0 Å². The number of morpholine rings is 1. The zero-order chi connectivity index (χ0) is 15.9. The molecule has 8 heteroatoms. The van der Waals surface area contributed by atoms with Crippen molar-refractivity contribution >= 4 is 11.8 Å². The molecule has 22 heavy (non-hydrogen) atoms. The minimum atomic E-state index is -0.300. The zero-order valence-corrected chi connectivity index (χ0v) is 13.1. The van der Waals surface area contributed by atoms with Gasteiger partial charge in [-0.1, -0.05) is 0 Å².